The summed E-state index contributed by atoms with van der Waals surface area (Å²) in [6.07, 6.45) is -0.211. The molecule has 0 unspecified atom stereocenters. The number of rotatable bonds is 2. The van der Waals surface area contributed by atoms with E-state index in [1.165, 1.54) is 10.5 Å². The molecule has 1 N–H and O–H groups in total. The smallest absolute Gasteiger partial charge is 0.407 e. The van der Waals surface area contributed by atoms with Crippen molar-refractivity contribution < 1.29 is 14.6 Å². The number of carbonyl (C=O) groups is 1. The zero-order chi connectivity index (χ0) is 17.6. The Labute approximate surface area is 150 Å². The summed E-state index contributed by atoms with van der Waals surface area (Å²) in [7, 11) is 1.63. The maximum atomic E-state index is 11.4. The molecule has 1 amide bonds. The molecule has 0 aliphatic carbocycles. The molecular weight excluding hydrogens is 340 g/mol. The zero-order valence-electron chi connectivity index (χ0n) is 13.7. The van der Waals surface area contributed by atoms with Crippen molar-refractivity contribution in [3.63, 3.8) is 0 Å². The first kappa shape index (κ1) is 15.8. The van der Waals surface area contributed by atoms with E-state index in [1.807, 2.05) is 42.5 Å². The van der Waals surface area contributed by atoms with Gasteiger partial charge in [-0.1, -0.05) is 11.6 Å². The first-order valence-corrected chi connectivity index (χ1v) is 8.40. The highest BCUT2D eigenvalue weighted by atomic mass is 35.5. The van der Waals surface area contributed by atoms with Crippen LogP contribution in [0, 0.1) is 0 Å². The van der Waals surface area contributed by atoms with Gasteiger partial charge in [0.05, 0.1) is 19.2 Å². The third kappa shape index (κ3) is 2.61. The van der Waals surface area contributed by atoms with Crippen molar-refractivity contribution >= 4 is 28.6 Å². The number of aromatic nitrogens is 1. The standard InChI is InChI=1S/C19H17ClN2O3/c1-25-14-5-3-13(4-6-14)22-17-7-2-12(20)10-16(17)15-8-9-21(19(23)24)11-18(15)22/h2-7,10H,8-9,11H2,1H3,(H,23,24). The fourth-order valence-corrected chi connectivity index (χ4v) is 3.69. The van der Waals surface area contributed by atoms with Crippen LogP contribution in [-0.4, -0.2) is 34.3 Å². The van der Waals surface area contributed by atoms with Crippen molar-refractivity contribution in [2.24, 2.45) is 0 Å². The van der Waals surface area contributed by atoms with Gasteiger partial charge in [0, 0.05) is 28.3 Å². The summed E-state index contributed by atoms with van der Waals surface area (Å²) in [6, 6.07) is 13.6. The topological polar surface area (TPSA) is 54.7 Å². The van der Waals surface area contributed by atoms with E-state index in [2.05, 4.69) is 4.57 Å². The molecule has 2 heterocycles. The summed E-state index contributed by atoms with van der Waals surface area (Å²) in [4.78, 5) is 12.9. The molecule has 0 fully saturated rings. The summed E-state index contributed by atoms with van der Waals surface area (Å²) in [5.74, 6) is 0.782. The summed E-state index contributed by atoms with van der Waals surface area (Å²) in [6.45, 7) is 0.861. The fourth-order valence-electron chi connectivity index (χ4n) is 3.52. The highest BCUT2D eigenvalue weighted by Gasteiger charge is 2.27. The Kier molecular flexibility index (Phi) is 3.81. The second-order valence-electron chi connectivity index (χ2n) is 6.07. The largest absolute Gasteiger partial charge is 0.497 e. The van der Waals surface area contributed by atoms with E-state index in [9.17, 15) is 9.90 Å². The summed E-state index contributed by atoms with van der Waals surface area (Å²) in [5.41, 5.74) is 4.18. The lowest BCUT2D eigenvalue weighted by Gasteiger charge is -2.26. The van der Waals surface area contributed by atoms with Crippen LogP contribution in [0.25, 0.3) is 16.6 Å². The molecule has 5 nitrogen and oxygen atoms in total. The van der Waals surface area contributed by atoms with E-state index >= 15 is 0 Å². The van der Waals surface area contributed by atoms with Crippen molar-refractivity contribution in [1.29, 1.82) is 0 Å². The van der Waals surface area contributed by atoms with Crippen LogP contribution in [0.3, 0.4) is 0 Å². The van der Waals surface area contributed by atoms with Gasteiger partial charge in [0.15, 0.2) is 0 Å². The van der Waals surface area contributed by atoms with E-state index in [4.69, 9.17) is 16.3 Å². The summed E-state index contributed by atoms with van der Waals surface area (Å²) in [5, 5.41) is 11.2. The minimum absolute atomic E-state index is 0.364. The van der Waals surface area contributed by atoms with Gasteiger partial charge in [0.2, 0.25) is 0 Å². The number of hydrogen-bond donors (Lipinski definition) is 1. The first-order valence-electron chi connectivity index (χ1n) is 8.02. The average molecular weight is 357 g/mol. The number of benzene rings is 2. The second kappa shape index (κ2) is 6.01. The quantitative estimate of drug-likeness (QED) is 0.743. The Morgan fingerprint density at radius 1 is 1.20 bits per heavy atom. The molecule has 0 spiro atoms. The van der Waals surface area contributed by atoms with Gasteiger partial charge in [-0.05, 0) is 54.4 Å². The third-order valence-corrected chi connectivity index (χ3v) is 4.95. The number of methoxy groups -OCH3 is 1. The molecule has 3 aromatic rings. The van der Waals surface area contributed by atoms with E-state index < -0.39 is 6.09 Å². The molecule has 2 aromatic carbocycles. The number of carboxylic acid groups (broad SMARTS) is 1. The molecule has 1 aliphatic heterocycles. The minimum Gasteiger partial charge on any atom is -0.497 e. The van der Waals surface area contributed by atoms with Crippen LogP contribution in [0.1, 0.15) is 11.3 Å². The molecule has 0 saturated heterocycles. The van der Waals surface area contributed by atoms with Gasteiger partial charge < -0.3 is 19.3 Å². The lowest BCUT2D eigenvalue weighted by Crippen LogP contribution is -2.35. The molecular formula is C19H17ClN2O3. The molecule has 4 rings (SSSR count). The SMILES string of the molecule is COc1ccc(-n2c3c(c4cc(Cl)ccc42)CCN(C(=O)O)C3)cc1. The second-order valence-corrected chi connectivity index (χ2v) is 6.51. The number of halogens is 1. The molecule has 0 bridgehead atoms. The van der Waals surface area contributed by atoms with Crippen molar-refractivity contribution in [1.82, 2.24) is 9.47 Å². The zero-order valence-corrected chi connectivity index (χ0v) is 14.5. The third-order valence-electron chi connectivity index (χ3n) is 4.72. The molecule has 6 heteroatoms. The van der Waals surface area contributed by atoms with Crippen LogP contribution in [0.2, 0.25) is 5.02 Å². The lowest BCUT2D eigenvalue weighted by molar-refractivity contribution is 0.139. The molecule has 0 atom stereocenters. The first-order chi connectivity index (χ1) is 12.1. The molecule has 0 saturated carbocycles. The van der Waals surface area contributed by atoms with Gasteiger partial charge in [-0.25, -0.2) is 4.79 Å². The van der Waals surface area contributed by atoms with Gasteiger partial charge in [0.1, 0.15) is 5.75 Å². The lowest BCUT2D eigenvalue weighted by atomic mass is 10.0. The number of hydrogen-bond acceptors (Lipinski definition) is 2. The van der Waals surface area contributed by atoms with Crippen molar-refractivity contribution in [3.8, 4) is 11.4 Å². The normalized spacial score (nSPS) is 13.8. The Hall–Kier alpha value is -2.66. The average Bonchev–Trinajstić information content (AvgIpc) is 2.94. The highest BCUT2D eigenvalue weighted by Crippen LogP contribution is 2.35. The fraction of sp³-hybridized carbons (Fsp3) is 0.211. The summed E-state index contributed by atoms with van der Waals surface area (Å²) < 4.78 is 7.36. The predicted octanol–water partition coefficient (Wildman–Crippen LogP) is 4.33. The van der Waals surface area contributed by atoms with E-state index in [0.717, 1.165) is 28.0 Å². The van der Waals surface area contributed by atoms with Gasteiger partial charge in [0.25, 0.3) is 0 Å². The van der Waals surface area contributed by atoms with Crippen LogP contribution in [-0.2, 0) is 13.0 Å². The van der Waals surface area contributed by atoms with Crippen LogP contribution in [0.4, 0.5) is 4.79 Å². The van der Waals surface area contributed by atoms with Crippen molar-refractivity contribution in [2.75, 3.05) is 13.7 Å². The molecule has 1 aromatic heterocycles. The van der Waals surface area contributed by atoms with Crippen molar-refractivity contribution in [2.45, 2.75) is 13.0 Å². The van der Waals surface area contributed by atoms with Crippen molar-refractivity contribution in [3.05, 3.63) is 58.7 Å². The minimum atomic E-state index is -0.893. The van der Waals surface area contributed by atoms with E-state index in [-0.39, 0.29) is 0 Å². The maximum absolute atomic E-state index is 11.4. The number of fused-ring (bicyclic) bond motifs is 3. The van der Waals surface area contributed by atoms with Gasteiger partial charge in [-0.15, -0.1) is 0 Å². The Balaban J connectivity index is 1.95. The number of ether oxygens (including phenoxy) is 1. The Morgan fingerprint density at radius 2 is 1.96 bits per heavy atom. The number of amides is 1. The van der Waals surface area contributed by atoms with Gasteiger partial charge in [-0.2, -0.15) is 0 Å². The van der Waals surface area contributed by atoms with Crippen LogP contribution >= 0.6 is 11.6 Å². The van der Waals surface area contributed by atoms with E-state index in [1.54, 1.807) is 7.11 Å². The predicted molar refractivity (Wildman–Crippen MR) is 97.0 cm³/mol. The Morgan fingerprint density at radius 3 is 2.64 bits per heavy atom. The Bertz CT molecular complexity index is 963. The number of nitrogens with zero attached hydrogens (tertiary/aromatic N) is 2. The summed E-state index contributed by atoms with van der Waals surface area (Å²) >= 11 is 6.20. The monoisotopic (exact) mass is 356 g/mol. The molecule has 128 valence electrons. The van der Waals surface area contributed by atoms with Crippen LogP contribution in [0.15, 0.2) is 42.5 Å². The van der Waals surface area contributed by atoms with Crippen LogP contribution in [0.5, 0.6) is 5.75 Å². The van der Waals surface area contributed by atoms with E-state index in [0.29, 0.717) is 24.5 Å². The maximum Gasteiger partial charge on any atom is 0.407 e. The van der Waals surface area contributed by atoms with Crippen LogP contribution < -0.4 is 4.74 Å². The molecule has 25 heavy (non-hydrogen) atoms. The van der Waals surface area contributed by atoms with Gasteiger partial charge in [-0.3, -0.25) is 0 Å². The van der Waals surface area contributed by atoms with Gasteiger partial charge >= 0.3 is 6.09 Å². The molecule has 0 radical (unpaired) electrons. The molecule has 1 aliphatic rings. The highest BCUT2D eigenvalue weighted by molar-refractivity contribution is 6.31.